The maximum atomic E-state index is 12.3. The van der Waals surface area contributed by atoms with Crippen LogP contribution >= 0.6 is 27.5 Å². The molecule has 0 fully saturated rings. The highest BCUT2D eigenvalue weighted by atomic mass is 79.9. The number of carbonyl (C=O) groups excluding carboxylic acids is 2. The molecule has 132 valence electrons. The first-order valence-electron chi connectivity index (χ1n) is 7.97. The number of anilines is 1. The highest BCUT2D eigenvalue weighted by Crippen LogP contribution is 2.29. The molecule has 0 aromatic heterocycles. The molecule has 0 aliphatic heterocycles. The molecule has 2 aromatic rings. The Hall–Kier alpha value is -1.85. The van der Waals surface area contributed by atoms with Gasteiger partial charge in [0.1, 0.15) is 5.75 Å². The average Bonchev–Trinajstić information content (AvgIpc) is 2.61. The van der Waals surface area contributed by atoms with E-state index in [-0.39, 0.29) is 12.5 Å². The van der Waals surface area contributed by atoms with Crippen molar-refractivity contribution in [2.45, 2.75) is 26.7 Å². The predicted molar refractivity (Wildman–Crippen MR) is 104 cm³/mol. The first kappa shape index (κ1) is 19.5. The summed E-state index contributed by atoms with van der Waals surface area (Å²) in [5, 5.41) is 3.53. The van der Waals surface area contributed by atoms with Gasteiger partial charge < -0.3 is 10.1 Å². The maximum Gasteiger partial charge on any atom is 0.262 e. The molecular weight excluding hydrogens is 406 g/mol. The molecule has 0 bridgehead atoms. The van der Waals surface area contributed by atoms with Crippen molar-refractivity contribution in [3.8, 4) is 5.75 Å². The minimum absolute atomic E-state index is 0.193. The summed E-state index contributed by atoms with van der Waals surface area (Å²) in [5.41, 5.74) is 3.06. The Morgan fingerprint density at radius 3 is 2.64 bits per heavy atom. The molecule has 0 atom stereocenters. The van der Waals surface area contributed by atoms with Gasteiger partial charge >= 0.3 is 0 Å². The molecule has 6 heteroatoms. The van der Waals surface area contributed by atoms with E-state index >= 15 is 0 Å². The fourth-order valence-electron chi connectivity index (χ4n) is 2.53. The van der Waals surface area contributed by atoms with E-state index in [0.717, 1.165) is 27.7 Å². The van der Waals surface area contributed by atoms with Crippen LogP contribution in [0.1, 0.15) is 35.3 Å². The molecule has 25 heavy (non-hydrogen) atoms. The van der Waals surface area contributed by atoms with Crippen LogP contribution in [0.5, 0.6) is 5.75 Å². The lowest BCUT2D eigenvalue weighted by Crippen LogP contribution is -2.22. The zero-order valence-electron chi connectivity index (χ0n) is 14.1. The summed E-state index contributed by atoms with van der Waals surface area (Å²) in [6.07, 6.45) is 2.19. The largest absolute Gasteiger partial charge is 0.483 e. The third kappa shape index (κ3) is 4.83. The van der Waals surface area contributed by atoms with E-state index in [0.29, 0.717) is 29.0 Å². The number of aldehydes is 1. The minimum Gasteiger partial charge on any atom is -0.483 e. The Labute approximate surface area is 160 Å². The minimum atomic E-state index is -0.300. The van der Waals surface area contributed by atoms with E-state index in [2.05, 4.69) is 21.2 Å². The summed E-state index contributed by atoms with van der Waals surface area (Å²) in [6.45, 7) is 3.82. The molecule has 0 radical (unpaired) electrons. The first-order valence-corrected chi connectivity index (χ1v) is 9.14. The van der Waals surface area contributed by atoms with E-state index in [4.69, 9.17) is 16.3 Å². The van der Waals surface area contributed by atoms with Crippen molar-refractivity contribution < 1.29 is 14.3 Å². The standard InChI is InChI=1S/C19H19BrClNO3/c1-3-12-5-7-16(21)15(4-2)19(12)22-18(24)11-25-17-8-6-14(20)9-13(17)10-23/h5-10H,3-4,11H2,1-2H3,(H,22,24). The smallest absolute Gasteiger partial charge is 0.262 e. The van der Waals surface area contributed by atoms with Crippen molar-refractivity contribution in [2.24, 2.45) is 0 Å². The maximum absolute atomic E-state index is 12.3. The van der Waals surface area contributed by atoms with E-state index in [9.17, 15) is 9.59 Å². The van der Waals surface area contributed by atoms with Crippen LogP contribution in [0, 0.1) is 0 Å². The monoisotopic (exact) mass is 423 g/mol. The van der Waals surface area contributed by atoms with Gasteiger partial charge in [-0.1, -0.05) is 47.4 Å². The molecule has 0 heterocycles. The number of carbonyl (C=O) groups is 2. The fourth-order valence-corrected chi connectivity index (χ4v) is 3.20. The molecule has 2 aromatic carbocycles. The number of aryl methyl sites for hydroxylation is 1. The lowest BCUT2D eigenvalue weighted by Gasteiger charge is -2.16. The normalized spacial score (nSPS) is 10.4. The second kappa shape index (κ2) is 9.02. The third-order valence-corrected chi connectivity index (χ3v) is 4.65. The average molecular weight is 425 g/mol. The number of rotatable bonds is 7. The van der Waals surface area contributed by atoms with Crippen molar-refractivity contribution in [1.29, 1.82) is 0 Å². The SMILES string of the molecule is CCc1ccc(Cl)c(CC)c1NC(=O)COc1ccc(Br)cc1C=O. The highest BCUT2D eigenvalue weighted by molar-refractivity contribution is 9.10. The van der Waals surface area contributed by atoms with Gasteiger partial charge in [-0.05, 0) is 48.2 Å². The van der Waals surface area contributed by atoms with Crippen LogP contribution in [0.4, 0.5) is 5.69 Å². The van der Waals surface area contributed by atoms with E-state index < -0.39 is 0 Å². The molecule has 0 unspecified atom stereocenters. The van der Waals surface area contributed by atoms with Gasteiger partial charge in [-0.15, -0.1) is 0 Å². The fraction of sp³-hybridized carbons (Fsp3) is 0.263. The number of nitrogens with one attached hydrogen (secondary N) is 1. The Balaban J connectivity index is 2.14. The van der Waals surface area contributed by atoms with Gasteiger partial charge in [0.2, 0.25) is 0 Å². The lowest BCUT2D eigenvalue weighted by molar-refractivity contribution is -0.118. The van der Waals surface area contributed by atoms with E-state index in [1.807, 2.05) is 26.0 Å². The predicted octanol–water partition coefficient (Wildman–Crippen LogP) is 5.06. The van der Waals surface area contributed by atoms with Crippen LogP contribution < -0.4 is 10.1 Å². The molecule has 0 aliphatic carbocycles. The Kier molecular flexibility index (Phi) is 7.02. The number of hydrogen-bond donors (Lipinski definition) is 1. The molecule has 1 N–H and O–H groups in total. The first-order chi connectivity index (χ1) is 12.0. The Morgan fingerprint density at radius 2 is 2.00 bits per heavy atom. The molecule has 0 spiro atoms. The van der Waals surface area contributed by atoms with Crippen LogP contribution in [0.15, 0.2) is 34.8 Å². The quantitative estimate of drug-likeness (QED) is 0.632. The highest BCUT2D eigenvalue weighted by Gasteiger charge is 2.14. The van der Waals surface area contributed by atoms with Gasteiger partial charge in [-0.25, -0.2) is 0 Å². The molecule has 0 aliphatic rings. The van der Waals surface area contributed by atoms with Crippen molar-refractivity contribution in [3.63, 3.8) is 0 Å². The second-order valence-electron chi connectivity index (χ2n) is 5.40. The van der Waals surface area contributed by atoms with Crippen molar-refractivity contribution >= 4 is 45.4 Å². The Morgan fingerprint density at radius 1 is 1.24 bits per heavy atom. The topological polar surface area (TPSA) is 55.4 Å². The second-order valence-corrected chi connectivity index (χ2v) is 6.73. The van der Waals surface area contributed by atoms with Crippen LogP contribution in [0.25, 0.3) is 0 Å². The summed E-state index contributed by atoms with van der Waals surface area (Å²) in [5.74, 6) is 0.0670. The van der Waals surface area contributed by atoms with Crippen LogP contribution in [-0.2, 0) is 17.6 Å². The molecule has 2 rings (SSSR count). The lowest BCUT2D eigenvalue weighted by atomic mass is 10.0. The van der Waals surface area contributed by atoms with Crippen LogP contribution in [0.3, 0.4) is 0 Å². The molecule has 1 amide bonds. The summed E-state index contributed by atoms with van der Waals surface area (Å²) < 4.78 is 6.27. The van der Waals surface area contributed by atoms with E-state index in [1.54, 1.807) is 18.2 Å². The molecule has 0 saturated heterocycles. The number of halogens is 2. The third-order valence-electron chi connectivity index (χ3n) is 3.80. The van der Waals surface area contributed by atoms with Crippen molar-refractivity contribution in [3.05, 3.63) is 56.5 Å². The zero-order valence-corrected chi connectivity index (χ0v) is 16.4. The Bertz CT molecular complexity index is 792. The van der Waals surface area contributed by atoms with Gasteiger partial charge in [-0.2, -0.15) is 0 Å². The van der Waals surface area contributed by atoms with Crippen LogP contribution in [-0.4, -0.2) is 18.8 Å². The summed E-state index contributed by atoms with van der Waals surface area (Å²) in [7, 11) is 0. The number of ether oxygens (including phenoxy) is 1. The van der Waals surface area contributed by atoms with Gasteiger partial charge in [-0.3, -0.25) is 9.59 Å². The molecular formula is C19H19BrClNO3. The molecule has 4 nitrogen and oxygen atoms in total. The van der Waals surface area contributed by atoms with Gasteiger partial charge in [0.25, 0.3) is 5.91 Å². The summed E-state index contributed by atoms with van der Waals surface area (Å²) in [6, 6.07) is 8.80. The summed E-state index contributed by atoms with van der Waals surface area (Å²) in [4.78, 5) is 23.4. The van der Waals surface area contributed by atoms with Gasteiger partial charge in [0.05, 0.1) is 5.56 Å². The van der Waals surface area contributed by atoms with Crippen molar-refractivity contribution in [1.82, 2.24) is 0 Å². The number of benzene rings is 2. The number of hydrogen-bond acceptors (Lipinski definition) is 3. The number of amides is 1. The molecule has 0 saturated carbocycles. The summed E-state index contributed by atoms with van der Waals surface area (Å²) >= 11 is 9.54. The van der Waals surface area contributed by atoms with Crippen molar-refractivity contribution in [2.75, 3.05) is 11.9 Å². The van der Waals surface area contributed by atoms with E-state index in [1.165, 1.54) is 0 Å². The van der Waals surface area contributed by atoms with Gasteiger partial charge in [0, 0.05) is 15.2 Å². The van der Waals surface area contributed by atoms with Crippen LogP contribution in [0.2, 0.25) is 5.02 Å². The van der Waals surface area contributed by atoms with Gasteiger partial charge in [0.15, 0.2) is 12.9 Å². The zero-order chi connectivity index (χ0) is 18.4.